The molecule has 58 heavy (non-hydrogen) atoms. The monoisotopic (exact) mass is 832 g/mol. The molecule has 0 bridgehead atoms. The zero-order valence-electron chi connectivity index (χ0n) is 38.5. The van der Waals surface area contributed by atoms with Crippen molar-refractivity contribution >= 4 is 47.5 Å². The second-order valence-electron chi connectivity index (χ2n) is 20.6. The first-order valence-electron chi connectivity index (χ1n) is 19.6. The molecule has 0 saturated heterocycles. The number of esters is 1. The molecular weight excluding hydrogens is 756 g/mol. The zero-order valence-corrected chi connectivity index (χ0v) is 38.5. The van der Waals surface area contributed by atoms with Crippen molar-refractivity contribution in [1.82, 2.24) is 37.2 Å². The summed E-state index contributed by atoms with van der Waals surface area (Å²) in [7, 11) is 1.28. The third kappa shape index (κ3) is 17.6. The summed E-state index contributed by atoms with van der Waals surface area (Å²) in [6.45, 7) is 28.4. The van der Waals surface area contributed by atoms with E-state index in [0.717, 1.165) is 0 Å². The van der Waals surface area contributed by atoms with Gasteiger partial charge in [-0.2, -0.15) is 0 Å². The van der Waals surface area contributed by atoms with Gasteiger partial charge >= 0.3 is 12.1 Å². The summed E-state index contributed by atoms with van der Waals surface area (Å²) in [5, 5.41) is 19.3. The van der Waals surface area contributed by atoms with Crippen molar-refractivity contribution in [3.63, 3.8) is 0 Å². The fraction of sp³-hybridized carbons (Fsp3) is 0.805. The Balaban J connectivity index is 5.07. The van der Waals surface area contributed by atoms with Gasteiger partial charge in [0.2, 0.25) is 35.4 Å². The molecule has 7 amide bonds. The van der Waals surface area contributed by atoms with E-state index in [1.54, 1.807) is 118 Å². The molecule has 0 unspecified atom stereocenters. The van der Waals surface area contributed by atoms with Crippen molar-refractivity contribution in [2.75, 3.05) is 52.9 Å². The Morgan fingerprint density at radius 2 is 0.517 bits per heavy atom. The smallest absolute Gasteiger partial charge is 0.407 e. The van der Waals surface area contributed by atoms with E-state index in [2.05, 4.69) is 37.2 Å². The van der Waals surface area contributed by atoms with E-state index in [-0.39, 0.29) is 63.5 Å². The zero-order chi connectivity index (χ0) is 45.9. The van der Waals surface area contributed by atoms with E-state index in [9.17, 15) is 38.4 Å². The SMILES string of the molecule is COC(=O)C(C)(C)CN[13C](=O)C(C)(C)CNC(=O)C(C)(C)CNC(=O)C(C)(C)[13CH2][15NH][13C](=O)C(C)(C)CNC(=O)C(C)(C)CNC(=O)C(C)(C)[13CH2][15NH]C(=O)OC(C)(C)C. The molecule has 17 nitrogen and oxygen atoms in total. The van der Waals surface area contributed by atoms with Crippen LogP contribution in [-0.2, 0) is 43.0 Å². The highest BCUT2D eigenvalue weighted by Crippen LogP contribution is 2.23. The minimum Gasteiger partial charge on any atom is -0.469 e. The van der Waals surface area contributed by atoms with Crippen LogP contribution in [0.5, 0.6) is 0 Å². The number of amides is 7. The lowest BCUT2D eigenvalue weighted by molar-refractivity contribution is -0.151. The highest BCUT2D eigenvalue weighted by Gasteiger charge is 2.39. The molecule has 0 aromatic heterocycles. The molecule has 0 spiro atoms. The number of rotatable bonds is 21. The average Bonchev–Trinajstić information content (AvgIpc) is 3.09. The molecule has 0 aliphatic carbocycles. The van der Waals surface area contributed by atoms with Crippen LogP contribution in [0.15, 0.2) is 0 Å². The number of hydrogen-bond acceptors (Lipinski definition) is 10. The van der Waals surface area contributed by atoms with Gasteiger partial charge in [0.05, 0.1) is 45.0 Å². The average molecular weight is 832 g/mol. The van der Waals surface area contributed by atoms with Gasteiger partial charge in [-0.3, -0.25) is 33.6 Å². The molecule has 0 fully saturated rings. The summed E-state index contributed by atoms with van der Waals surface area (Å²) < 4.78 is 10.0. The minimum absolute atomic E-state index is 0.00447. The van der Waals surface area contributed by atoms with Crippen molar-refractivity contribution in [3.05, 3.63) is 0 Å². The Labute approximate surface area is 346 Å². The number of carbonyl (C=O) groups excluding carboxylic acids is 8. The van der Waals surface area contributed by atoms with E-state index >= 15 is 0 Å². The Morgan fingerprint density at radius 3 is 0.707 bits per heavy atom. The predicted octanol–water partition coefficient (Wildman–Crippen LogP) is 2.56. The van der Waals surface area contributed by atoms with Gasteiger partial charge in [-0.15, -0.1) is 0 Å². The number of methoxy groups -OCH3 is 1. The predicted molar refractivity (Wildman–Crippen MR) is 221 cm³/mol. The van der Waals surface area contributed by atoms with Gasteiger partial charge < -0.3 is 46.7 Å². The van der Waals surface area contributed by atoms with Crippen LogP contribution in [0.4, 0.5) is 4.79 Å². The van der Waals surface area contributed by atoms with E-state index in [4.69, 9.17) is 9.47 Å². The Bertz CT molecular complexity index is 1520. The van der Waals surface area contributed by atoms with Crippen molar-refractivity contribution < 1.29 is 47.8 Å². The normalized spacial score (nSPS) is 13.0. The lowest BCUT2D eigenvalue weighted by Gasteiger charge is -2.32. The van der Waals surface area contributed by atoms with Gasteiger partial charge in [-0.1, -0.05) is 0 Å². The summed E-state index contributed by atoms with van der Waals surface area (Å²) in [6, 6.07) is 0. The molecule has 0 aliphatic rings. The fourth-order valence-electron chi connectivity index (χ4n) is 4.68. The molecule has 7 N–H and O–H groups in total. The summed E-state index contributed by atoms with van der Waals surface area (Å²) in [4.78, 5) is 103. The van der Waals surface area contributed by atoms with Gasteiger partial charge in [0.15, 0.2) is 0 Å². The van der Waals surface area contributed by atoms with Crippen LogP contribution in [0.2, 0.25) is 0 Å². The third-order valence-corrected chi connectivity index (χ3v) is 9.64. The number of nitrogens with one attached hydrogen (secondary N) is 7. The van der Waals surface area contributed by atoms with Crippen LogP contribution in [-0.4, -0.2) is 106 Å². The summed E-state index contributed by atoms with van der Waals surface area (Å²) in [6.07, 6.45) is -0.643. The topological polar surface area (TPSA) is 239 Å². The van der Waals surface area contributed by atoms with Crippen LogP contribution in [0.1, 0.15) is 118 Å². The van der Waals surface area contributed by atoms with E-state index in [0.29, 0.717) is 0 Å². The first-order chi connectivity index (χ1) is 25.8. The van der Waals surface area contributed by atoms with E-state index < -0.39 is 73.3 Å². The summed E-state index contributed by atoms with van der Waals surface area (Å²) in [5.41, 5.74) is -7.86. The van der Waals surface area contributed by atoms with Gasteiger partial charge in [-0.05, 0) is 118 Å². The maximum absolute atomic E-state index is 13.3. The lowest BCUT2D eigenvalue weighted by Crippen LogP contribution is -2.54. The van der Waals surface area contributed by atoms with Crippen LogP contribution in [0.3, 0.4) is 0 Å². The molecule has 0 heterocycles. The van der Waals surface area contributed by atoms with Crippen molar-refractivity contribution in [2.24, 2.45) is 37.9 Å². The maximum atomic E-state index is 13.3. The quantitative estimate of drug-likeness (QED) is 0.0507. The molecule has 0 aromatic rings. The van der Waals surface area contributed by atoms with Crippen LogP contribution < -0.4 is 37.2 Å². The molecule has 0 radical (unpaired) electrons. The summed E-state index contributed by atoms with van der Waals surface area (Å²) in [5.74, 6) is -2.78. The second kappa shape index (κ2) is 20.0. The highest BCUT2D eigenvalue weighted by molar-refractivity contribution is 5.89. The number of hydrogen-bond donors (Lipinski definition) is 7. The van der Waals surface area contributed by atoms with Gasteiger partial charge in [0.1, 0.15) is 5.60 Å². The molecule has 334 valence electrons. The van der Waals surface area contributed by atoms with E-state index in [1.165, 1.54) is 7.11 Å². The van der Waals surface area contributed by atoms with Gasteiger partial charge in [0.25, 0.3) is 0 Å². The van der Waals surface area contributed by atoms with Crippen LogP contribution >= 0.6 is 0 Å². The van der Waals surface area contributed by atoms with Crippen molar-refractivity contribution in [2.45, 2.75) is 123 Å². The van der Waals surface area contributed by atoms with Crippen molar-refractivity contribution in [1.29, 1.82) is 0 Å². The van der Waals surface area contributed by atoms with Crippen molar-refractivity contribution in [3.8, 4) is 0 Å². The lowest BCUT2D eigenvalue weighted by atomic mass is 9.90. The maximum Gasteiger partial charge on any atom is 0.407 e. The second-order valence-corrected chi connectivity index (χ2v) is 20.6. The van der Waals surface area contributed by atoms with Gasteiger partial charge in [-0.25, -0.2) is 4.79 Å². The molecular formula is C41H75N7O10. The fourth-order valence-corrected chi connectivity index (χ4v) is 4.68. The van der Waals surface area contributed by atoms with Crippen LogP contribution in [0, 0.1) is 37.9 Å². The molecule has 0 aromatic carbocycles. The van der Waals surface area contributed by atoms with Crippen LogP contribution in [0.25, 0.3) is 0 Å². The van der Waals surface area contributed by atoms with Gasteiger partial charge in [0, 0.05) is 45.8 Å². The standard InChI is InChI=1S/C41H75N7O10/c1-34(2,3)58-33(56)48-24-40(14,15)31(54)46-22-38(10,11)29(52)44-20-36(6,7)27(50)42-19-35(4,5)26(49)43-21-37(8,9)28(51)45-23-39(12,13)30(53)47-25-41(16,17)32(55)57-18/h19-25H2,1-18H3,(H,42,50)(H,43,49)(H,44,52)(H,45,51)(H,46,54)(H,47,53)(H,48,56)/i19+1,24+1,27+1,30+1,42+1,48+1. The molecule has 0 atom stereocenters. The molecule has 0 aliphatic heterocycles. The third-order valence-electron chi connectivity index (χ3n) is 9.64. The Kier molecular flexibility index (Phi) is 18.5. The Morgan fingerprint density at radius 1 is 0.328 bits per heavy atom. The molecule has 0 rings (SSSR count). The minimum atomic E-state index is -1.07. The first-order valence-corrected chi connectivity index (χ1v) is 19.6. The number of carbonyl (C=O) groups is 8. The van der Waals surface area contributed by atoms with E-state index in [1.807, 2.05) is 0 Å². The molecule has 0 saturated carbocycles. The Hall–Kier alpha value is -4.44. The number of alkyl carbamates (subject to hydrolysis) is 1. The number of ether oxygens (including phenoxy) is 2. The molecule has 17 heteroatoms. The largest absolute Gasteiger partial charge is 0.469 e. The first kappa shape index (κ1) is 53.6. The summed E-state index contributed by atoms with van der Waals surface area (Å²) >= 11 is 0. The highest BCUT2D eigenvalue weighted by atomic mass is 16.6.